The van der Waals surface area contributed by atoms with Gasteiger partial charge in [0.1, 0.15) is 0 Å². The third-order valence-electron chi connectivity index (χ3n) is 4.47. The Morgan fingerprint density at radius 2 is 1.26 bits per heavy atom. The maximum atomic E-state index is 12.3. The van der Waals surface area contributed by atoms with Gasteiger partial charge in [0.2, 0.25) is 0 Å². The van der Waals surface area contributed by atoms with Crippen LogP contribution in [0.2, 0.25) is 0 Å². The van der Waals surface area contributed by atoms with E-state index in [1.54, 1.807) is 6.07 Å². The van der Waals surface area contributed by atoms with Crippen molar-refractivity contribution in [2.75, 3.05) is 11.9 Å². The van der Waals surface area contributed by atoms with Crippen LogP contribution in [0.25, 0.3) is 0 Å². The first-order chi connectivity index (χ1) is 13.1. The highest BCUT2D eigenvalue weighted by Gasteiger charge is 2.19. The number of carbonyl (C=O) groups excluding carboxylic acids is 2. The van der Waals surface area contributed by atoms with Crippen molar-refractivity contribution in [1.82, 2.24) is 5.32 Å². The number of rotatable bonds is 5. The summed E-state index contributed by atoms with van der Waals surface area (Å²) in [5.74, 6) is -1.33. The number of carbonyl (C=O) groups is 2. The zero-order valence-electron chi connectivity index (χ0n) is 15.2. The van der Waals surface area contributed by atoms with Crippen LogP contribution in [0.15, 0.2) is 84.9 Å². The van der Waals surface area contributed by atoms with Crippen molar-refractivity contribution in [3.8, 4) is 0 Å². The van der Waals surface area contributed by atoms with Gasteiger partial charge in [0.25, 0.3) is 0 Å². The lowest BCUT2D eigenvalue weighted by Gasteiger charge is -2.18. The van der Waals surface area contributed by atoms with E-state index in [0.29, 0.717) is 12.2 Å². The van der Waals surface area contributed by atoms with Crippen molar-refractivity contribution in [2.24, 2.45) is 0 Å². The molecule has 4 nitrogen and oxygen atoms in total. The molecule has 0 bridgehead atoms. The number of nitrogens with one attached hydrogen (secondary N) is 2. The van der Waals surface area contributed by atoms with E-state index >= 15 is 0 Å². The highest BCUT2D eigenvalue weighted by molar-refractivity contribution is 6.39. The van der Waals surface area contributed by atoms with E-state index < -0.39 is 11.8 Å². The quantitative estimate of drug-likeness (QED) is 0.680. The smallest absolute Gasteiger partial charge is 0.313 e. The molecule has 0 radical (unpaired) electrons. The topological polar surface area (TPSA) is 58.2 Å². The summed E-state index contributed by atoms with van der Waals surface area (Å²) in [5.41, 5.74) is 3.72. The van der Waals surface area contributed by atoms with Gasteiger partial charge in [-0.1, -0.05) is 78.9 Å². The minimum Gasteiger partial charge on any atom is -0.347 e. The van der Waals surface area contributed by atoms with Crippen molar-refractivity contribution in [2.45, 2.75) is 12.8 Å². The van der Waals surface area contributed by atoms with E-state index in [0.717, 1.165) is 16.7 Å². The normalized spacial score (nSPS) is 10.4. The van der Waals surface area contributed by atoms with E-state index in [4.69, 9.17) is 0 Å². The second kappa shape index (κ2) is 8.81. The van der Waals surface area contributed by atoms with Crippen LogP contribution in [0.5, 0.6) is 0 Å². The van der Waals surface area contributed by atoms with Gasteiger partial charge in [0.05, 0.1) is 0 Å². The summed E-state index contributed by atoms with van der Waals surface area (Å²) in [6, 6.07) is 27.3. The van der Waals surface area contributed by atoms with E-state index in [2.05, 4.69) is 10.6 Å². The molecule has 0 aliphatic rings. The van der Waals surface area contributed by atoms with Gasteiger partial charge in [-0.05, 0) is 29.7 Å². The minimum atomic E-state index is -0.663. The predicted molar refractivity (Wildman–Crippen MR) is 108 cm³/mol. The molecule has 2 amide bonds. The van der Waals surface area contributed by atoms with E-state index in [-0.39, 0.29) is 5.92 Å². The average Bonchev–Trinajstić information content (AvgIpc) is 2.71. The molecule has 0 unspecified atom stereocenters. The molecule has 3 aromatic carbocycles. The SMILES string of the molecule is Cc1ccccc1NC(=O)C(=O)NCC(c1ccccc1)c1ccccc1. The molecule has 0 aliphatic carbocycles. The summed E-state index contributed by atoms with van der Waals surface area (Å²) < 4.78 is 0. The van der Waals surface area contributed by atoms with Crippen LogP contribution in [0, 0.1) is 6.92 Å². The summed E-state index contributed by atoms with van der Waals surface area (Å²) in [6.45, 7) is 2.22. The van der Waals surface area contributed by atoms with Crippen LogP contribution >= 0.6 is 0 Å². The van der Waals surface area contributed by atoms with Crippen molar-refractivity contribution in [3.63, 3.8) is 0 Å². The third kappa shape index (κ3) is 4.82. The number of amides is 2. The molecule has 0 saturated carbocycles. The third-order valence-corrected chi connectivity index (χ3v) is 4.47. The number of para-hydroxylation sites is 1. The second-order valence-electron chi connectivity index (χ2n) is 6.35. The van der Waals surface area contributed by atoms with Crippen molar-refractivity contribution >= 4 is 17.5 Å². The van der Waals surface area contributed by atoms with Crippen LogP contribution in [-0.4, -0.2) is 18.4 Å². The van der Waals surface area contributed by atoms with E-state index in [9.17, 15) is 9.59 Å². The predicted octanol–water partition coefficient (Wildman–Crippen LogP) is 3.88. The molecular formula is C23H22N2O2. The Kier molecular flexibility index (Phi) is 6.00. The van der Waals surface area contributed by atoms with Crippen LogP contribution in [0.3, 0.4) is 0 Å². The van der Waals surface area contributed by atoms with Gasteiger partial charge in [-0.2, -0.15) is 0 Å². The molecule has 0 spiro atoms. The van der Waals surface area contributed by atoms with Crippen molar-refractivity contribution in [3.05, 3.63) is 102 Å². The fourth-order valence-electron chi connectivity index (χ4n) is 2.97. The zero-order chi connectivity index (χ0) is 19.1. The number of aryl methyl sites for hydroxylation is 1. The van der Waals surface area contributed by atoms with Crippen LogP contribution < -0.4 is 10.6 Å². The lowest BCUT2D eigenvalue weighted by atomic mass is 9.91. The summed E-state index contributed by atoms with van der Waals surface area (Å²) in [7, 11) is 0. The highest BCUT2D eigenvalue weighted by atomic mass is 16.2. The van der Waals surface area contributed by atoms with Gasteiger partial charge in [-0.25, -0.2) is 0 Å². The Bertz CT molecular complexity index is 868. The van der Waals surface area contributed by atoms with Gasteiger partial charge in [-0.15, -0.1) is 0 Å². The first-order valence-corrected chi connectivity index (χ1v) is 8.90. The Balaban J connectivity index is 1.69. The Labute approximate surface area is 159 Å². The number of anilines is 1. The number of hydrogen-bond donors (Lipinski definition) is 2. The summed E-state index contributed by atoms with van der Waals surface area (Å²) in [5, 5.41) is 5.43. The molecule has 0 heterocycles. The van der Waals surface area contributed by atoms with Gasteiger partial charge in [-0.3, -0.25) is 9.59 Å². The van der Waals surface area contributed by atoms with Crippen LogP contribution in [-0.2, 0) is 9.59 Å². The molecule has 3 rings (SSSR count). The maximum Gasteiger partial charge on any atom is 0.313 e. The summed E-state index contributed by atoms with van der Waals surface area (Å²) >= 11 is 0. The van der Waals surface area contributed by atoms with E-state index in [1.807, 2.05) is 85.8 Å². The number of hydrogen-bond acceptors (Lipinski definition) is 2. The lowest BCUT2D eigenvalue weighted by molar-refractivity contribution is -0.136. The lowest BCUT2D eigenvalue weighted by Crippen LogP contribution is -2.38. The molecule has 3 aromatic rings. The van der Waals surface area contributed by atoms with Crippen molar-refractivity contribution < 1.29 is 9.59 Å². The molecule has 0 fully saturated rings. The monoisotopic (exact) mass is 358 g/mol. The molecule has 136 valence electrons. The molecule has 2 N–H and O–H groups in total. The van der Waals surface area contributed by atoms with E-state index in [1.165, 1.54) is 0 Å². The first kappa shape index (κ1) is 18.4. The van der Waals surface area contributed by atoms with Crippen molar-refractivity contribution in [1.29, 1.82) is 0 Å². The first-order valence-electron chi connectivity index (χ1n) is 8.90. The van der Waals surface area contributed by atoms with Crippen LogP contribution in [0.1, 0.15) is 22.6 Å². The molecule has 0 atom stereocenters. The zero-order valence-corrected chi connectivity index (χ0v) is 15.2. The Morgan fingerprint density at radius 3 is 1.81 bits per heavy atom. The van der Waals surface area contributed by atoms with Crippen LogP contribution in [0.4, 0.5) is 5.69 Å². The second-order valence-corrected chi connectivity index (χ2v) is 6.35. The largest absolute Gasteiger partial charge is 0.347 e. The average molecular weight is 358 g/mol. The summed E-state index contributed by atoms with van der Waals surface area (Å²) in [4.78, 5) is 24.5. The maximum absolute atomic E-state index is 12.3. The molecule has 27 heavy (non-hydrogen) atoms. The Morgan fingerprint density at radius 1 is 0.741 bits per heavy atom. The van der Waals surface area contributed by atoms with Gasteiger partial charge in [0.15, 0.2) is 0 Å². The van der Waals surface area contributed by atoms with Gasteiger partial charge < -0.3 is 10.6 Å². The molecule has 0 aliphatic heterocycles. The molecule has 4 heteroatoms. The standard InChI is InChI=1S/C23H22N2O2/c1-17-10-8-9-15-21(17)25-23(27)22(26)24-16-20(18-11-4-2-5-12-18)19-13-6-3-7-14-19/h2-15,20H,16H2,1H3,(H,24,26)(H,25,27). The Hall–Kier alpha value is -3.40. The fourth-order valence-corrected chi connectivity index (χ4v) is 2.97. The molecule has 0 aromatic heterocycles. The minimum absolute atomic E-state index is 0.0254. The van der Waals surface area contributed by atoms with Gasteiger partial charge in [0, 0.05) is 18.2 Å². The van der Waals surface area contributed by atoms with Gasteiger partial charge >= 0.3 is 11.8 Å². The molecule has 0 saturated heterocycles. The summed E-state index contributed by atoms with van der Waals surface area (Å²) in [6.07, 6.45) is 0. The highest BCUT2D eigenvalue weighted by Crippen LogP contribution is 2.23. The molecular weight excluding hydrogens is 336 g/mol. The fraction of sp³-hybridized carbons (Fsp3) is 0.130. The number of benzene rings is 3.